The van der Waals surface area contributed by atoms with Crippen LogP contribution in [-0.2, 0) is 0 Å². The first-order valence-electron chi connectivity index (χ1n) is 5.49. The summed E-state index contributed by atoms with van der Waals surface area (Å²) in [4.78, 5) is 19.0. The number of nitrogen functional groups attached to an aromatic ring is 1. The molecule has 0 saturated carbocycles. The van der Waals surface area contributed by atoms with Crippen molar-refractivity contribution in [3.8, 4) is 0 Å². The predicted molar refractivity (Wildman–Crippen MR) is 73.1 cm³/mol. The van der Waals surface area contributed by atoms with Crippen LogP contribution in [0.3, 0.4) is 0 Å². The van der Waals surface area contributed by atoms with Gasteiger partial charge >= 0.3 is 5.69 Å². The molecule has 0 atom stereocenters. The molecule has 0 spiro atoms. The molecule has 2 N–H and O–H groups in total. The van der Waals surface area contributed by atoms with E-state index in [0.717, 1.165) is 16.0 Å². The summed E-state index contributed by atoms with van der Waals surface area (Å²) in [6.07, 6.45) is 1.23. The maximum absolute atomic E-state index is 11.0. The highest BCUT2D eigenvalue weighted by Crippen LogP contribution is 2.36. The summed E-state index contributed by atoms with van der Waals surface area (Å²) in [7, 11) is 0. The molecule has 0 fully saturated rings. The van der Waals surface area contributed by atoms with Crippen LogP contribution in [0.1, 0.15) is 11.1 Å². The van der Waals surface area contributed by atoms with E-state index < -0.39 is 4.92 Å². The normalized spacial score (nSPS) is 10.4. The van der Waals surface area contributed by atoms with Gasteiger partial charge in [-0.25, -0.2) is 9.97 Å². The van der Waals surface area contributed by atoms with Crippen LogP contribution in [0.25, 0.3) is 0 Å². The molecular formula is C12H12N4O2S. The second kappa shape index (κ2) is 5.23. The zero-order valence-corrected chi connectivity index (χ0v) is 11.3. The first kappa shape index (κ1) is 13.3. The minimum absolute atomic E-state index is 0.118. The Kier molecular flexibility index (Phi) is 3.66. The molecule has 6 nitrogen and oxygen atoms in total. The van der Waals surface area contributed by atoms with Crippen molar-refractivity contribution >= 4 is 23.3 Å². The smallest absolute Gasteiger partial charge is 0.343 e. The van der Waals surface area contributed by atoms with E-state index in [1.165, 1.54) is 18.1 Å². The highest BCUT2D eigenvalue weighted by Gasteiger charge is 2.22. The van der Waals surface area contributed by atoms with Crippen LogP contribution in [0.2, 0.25) is 0 Å². The molecule has 0 aliphatic carbocycles. The third kappa shape index (κ3) is 2.82. The fourth-order valence-corrected chi connectivity index (χ4v) is 2.60. The van der Waals surface area contributed by atoms with E-state index in [1.54, 1.807) is 0 Å². The SMILES string of the molecule is Cc1ccc(C)c(Sc2ncnc(N)c2[N+](=O)[O-])c1. The molecule has 0 aliphatic rings. The van der Waals surface area contributed by atoms with Crippen LogP contribution in [0, 0.1) is 24.0 Å². The molecule has 0 saturated heterocycles. The third-order valence-electron chi connectivity index (χ3n) is 2.55. The van der Waals surface area contributed by atoms with Crippen molar-refractivity contribution in [2.45, 2.75) is 23.8 Å². The van der Waals surface area contributed by atoms with Crippen molar-refractivity contribution < 1.29 is 4.92 Å². The largest absolute Gasteiger partial charge is 0.378 e. The summed E-state index contributed by atoms with van der Waals surface area (Å²) in [6.45, 7) is 3.91. The molecule has 0 unspecified atom stereocenters. The number of hydrogen-bond donors (Lipinski definition) is 1. The molecule has 0 aliphatic heterocycles. The Morgan fingerprint density at radius 2 is 2.05 bits per heavy atom. The van der Waals surface area contributed by atoms with Gasteiger partial charge in [-0.3, -0.25) is 10.1 Å². The Labute approximate surface area is 114 Å². The van der Waals surface area contributed by atoms with E-state index in [2.05, 4.69) is 9.97 Å². The van der Waals surface area contributed by atoms with Crippen LogP contribution in [0.4, 0.5) is 11.5 Å². The van der Waals surface area contributed by atoms with Gasteiger partial charge in [-0.05, 0) is 31.0 Å². The van der Waals surface area contributed by atoms with Gasteiger partial charge in [0, 0.05) is 4.90 Å². The Bertz CT molecular complexity index is 646. The Hall–Kier alpha value is -2.15. The summed E-state index contributed by atoms with van der Waals surface area (Å²) >= 11 is 1.22. The molecule has 0 bridgehead atoms. The molecule has 7 heteroatoms. The average Bonchev–Trinajstić information content (AvgIpc) is 2.33. The molecule has 0 radical (unpaired) electrons. The van der Waals surface area contributed by atoms with Gasteiger partial charge in [-0.15, -0.1) is 0 Å². The van der Waals surface area contributed by atoms with Gasteiger partial charge in [0.05, 0.1) is 4.92 Å². The molecule has 1 aromatic carbocycles. The van der Waals surface area contributed by atoms with Gasteiger partial charge in [0.15, 0.2) is 5.03 Å². The Balaban J connectivity index is 2.46. The van der Waals surface area contributed by atoms with Crippen molar-refractivity contribution in [1.29, 1.82) is 0 Å². The fourth-order valence-electron chi connectivity index (χ4n) is 1.54. The van der Waals surface area contributed by atoms with Crippen LogP contribution >= 0.6 is 11.8 Å². The number of nitrogens with two attached hydrogens (primary N) is 1. The fraction of sp³-hybridized carbons (Fsp3) is 0.167. The topological polar surface area (TPSA) is 94.9 Å². The zero-order valence-electron chi connectivity index (χ0n) is 10.5. The lowest BCUT2D eigenvalue weighted by molar-refractivity contribution is -0.387. The molecule has 1 aromatic heterocycles. The van der Waals surface area contributed by atoms with Crippen LogP contribution in [-0.4, -0.2) is 14.9 Å². The van der Waals surface area contributed by atoms with Gasteiger partial charge in [0.1, 0.15) is 6.33 Å². The number of aryl methyl sites for hydroxylation is 2. The zero-order chi connectivity index (χ0) is 14.0. The van der Waals surface area contributed by atoms with Crippen molar-refractivity contribution in [2.75, 3.05) is 5.73 Å². The van der Waals surface area contributed by atoms with Gasteiger partial charge in [-0.2, -0.15) is 0 Å². The van der Waals surface area contributed by atoms with Gasteiger partial charge in [-0.1, -0.05) is 23.9 Å². The maximum atomic E-state index is 11.0. The summed E-state index contributed by atoms with van der Waals surface area (Å²) in [5.74, 6) is -0.118. The standard InChI is InChI=1S/C12H12N4O2S/c1-7-3-4-8(2)9(5-7)19-12-10(16(17)18)11(13)14-6-15-12/h3-6H,1-2H3,(H2,13,14,15). The maximum Gasteiger partial charge on any atom is 0.343 e. The Morgan fingerprint density at radius 1 is 1.32 bits per heavy atom. The molecule has 2 aromatic rings. The number of aromatic nitrogens is 2. The minimum Gasteiger partial charge on any atom is -0.378 e. The van der Waals surface area contributed by atoms with Crippen LogP contribution in [0.5, 0.6) is 0 Å². The highest BCUT2D eigenvalue weighted by molar-refractivity contribution is 7.99. The lowest BCUT2D eigenvalue weighted by Crippen LogP contribution is -2.01. The number of rotatable bonds is 3. The minimum atomic E-state index is -0.553. The first-order valence-corrected chi connectivity index (χ1v) is 6.30. The van der Waals surface area contributed by atoms with Crippen molar-refractivity contribution in [1.82, 2.24) is 9.97 Å². The van der Waals surface area contributed by atoms with E-state index in [9.17, 15) is 10.1 Å². The number of nitro groups is 1. The van der Waals surface area contributed by atoms with Crippen molar-refractivity contribution in [3.05, 3.63) is 45.8 Å². The number of anilines is 1. The average molecular weight is 276 g/mol. The monoisotopic (exact) mass is 276 g/mol. The number of hydrogen-bond acceptors (Lipinski definition) is 6. The summed E-state index contributed by atoms with van der Waals surface area (Å²) in [5.41, 5.74) is 7.41. The molecule has 98 valence electrons. The van der Waals surface area contributed by atoms with Crippen LogP contribution < -0.4 is 5.73 Å². The lowest BCUT2D eigenvalue weighted by atomic mass is 10.2. The lowest BCUT2D eigenvalue weighted by Gasteiger charge is -2.07. The number of nitrogens with zero attached hydrogens (tertiary/aromatic N) is 3. The molecule has 2 rings (SSSR count). The van der Waals surface area contributed by atoms with E-state index in [4.69, 9.17) is 5.73 Å². The van der Waals surface area contributed by atoms with Crippen molar-refractivity contribution in [2.24, 2.45) is 0 Å². The molecule has 0 amide bonds. The number of benzene rings is 1. The highest BCUT2D eigenvalue weighted by atomic mass is 32.2. The quantitative estimate of drug-likeness (QED) is 0.526. The van der Waals surface area contributed by atoms with Gasteiger partial charge in [0.25, 0.3) is 0 Å². The summed E-state index contributed by atoms with van der Waals surface area (Å²) in [5, 5.41) is 11.3. The molecule has 19 heavy (non-hydrogen) atoms. The van der Waals surface area contributed by atoms with Gasteiger partial charge in [0.2, 0.25) is 5.82 Å². The third-order valence-corrected chi connectivity index (χ3v) is 3.70. The summed E-state index contributed by atoms with van der Waals surface area (Å²) in [6, 6.07) is 5.91. The van der Waals surface area contributed by atoms with Crippen molar-refractivity contribution in [3.63, 3.8) is 0 Å². The van der Waals surface area contributed by atoms with Gasteiger partial charge < -0.3 is 5.73 Å². The van der Waals surface area contributed by atoms with Crippen LogP contribution in [0.15, 0.2) is 34.4 Å². The van der Waals surface area contributed by atoms with E-state index >= 15 is 0 Å². The first-order chi connectivity index (χ1) is 8.99. The second-order valence-corrected chi connectivity index (χ2v) is 5.07. The predicted octanol–water partition coefficient (Wildman–Crippen LogP) is 2.74. The summed E-state index contributed by atoms with van der Waals surface area (Å²) < 4.78 is 0. The molecule has 1 heterocycles. The second-order valence-electron chi connectivity index (χ2n) is 4.04. The molecular weight excluding hydrogens is 264 g/mol. The Morgan fingerprint density at radius 3 is 2.74 bits per heavy atom. The van der Waals surface area contributed by atoms with E-state index in [0.29, 0.717) is 0 Å². The van der Waals surface area contributed by atoms with E-state index in [-0.39, 0.29) is 16.5 Å². The van der Waals surface area contributed by atoms with E-state index in [1.807, 2.05) is 32.0 Å².